The Kier molecular flexibility index (Phi) is 7.93. The van der Waals surface area contributed by atoms with Crippen molar-refractivity contribution in [3.05, 3.63) is 64.7 Å². The first-order valence-corrected chi connectivity index (χ1v) is 10.9. The van der Waals surface area contributed by atoms with Crippen LogP contribution in [-0.4, -0.2) is 24.9 Å². The van der Waals surface area contributed by atoms with Gasteiger partial charge in [0.1, 0.15) is 5.75 Å². The lowest BCUT2D eigenvalue weighted by Crippen LogP contribution is -2.18. The van der Waals surface area contributed by atoms with E-state index in [1.54, 1.807) is 0 Å². The number of nitrogens with two attached hydrogens (primary N) is 1. The van der Waals surface area contributed by atoms with Crippen molar-refractivity contribution in [2.45, 2.75) is 57.8 Å². The van der Waals surface area contributed by atoms with Crippen LogP contribution in [0.4, 0.5) is 0 Å². The Morgan fingerprint density at radius 3 is 2.82 bits per heavy atom. The topological polar surface area (TPSA) is 55.5 Å². The lowest BCUT2D eigenvalue weighted by atomic mass is 9.79. The van der Waals surface area contributed by atoms with E-state index in [9.17, 15) is 0 Å². The van der Waals surface area contributed by atoms with Crippen molar-refractivity contribution in [2.75, 3.05) is 19.8 Å². The van der Waals surface area contributed by atoms with Gasteiger partial charge in [0.25, 0.3) is 0 Å². The van der Waals surface area contributed by atoms with Crippen LogP contribution in [0, 0.1) is 5.92 Å². The van der Waals surface area contributed by atoms with Gasteiger partial charge in [-0.3, -0.25) is 0 Å². The van der Waals surface area contributed by atoms with E-state index >= 15 is 0 Å². The number of ether oxygens (including phenoxy) is 1. The second kappa shape index (κ2) is 10.6. The van der Waals surface area contributed by atoms with Gasteiger partial charge in [-0.1, -0.05) is 36.8 Å². The summed E-state index contributed by atoms with van der Waals surface area (Å²) in [6, 6.07) is 15.6. The third kappa shape index (κ3) is 5.59. The Bertz CT molecular complexity index is 743. The van der Waals surface area contributed by atoms with Gasteiger partial charge in [0.15, 0.2) is 0 Å². The summed E-state index contributed by atoms with van der Waals surface area (Å²) in [6.45, 7) is 3.70. The normalized spacial score (nSPS) is 17.2. The second-order valence-electron chi connectivity index (χ2n) is 8.07. The van der Waals surface area contributed by atoms with Gasteiger partial charge < -0.3 is 15.6 Å². The molecule has 28 heavy (non-hydrogen) atoms. The average Bonchev–Trinajstić information content (AvgIpc) is 2.71. The number of aliphatic hydroxyl groups is 1. The van der Waals surface area contributed by atoms with Crippen molar-refractivity contribution in [3.63, 3.8) is 0 Å². The Balaban J connectivity index is 1.63. The van der Waals surface area contributed by atoms with Crippen LogP contribution in [0.5, 0.6) is 5.75 Å². The van der Waals surface area contributed by atoms with Crippen LogP contribution in [0.1, 0.15) is 60.8 Å². The van der Waals surface area contributed by atoms with Gasteiger partial charge in [-0.25, -0.2) is 0 Å². The maximum absolute atomic E-state index is 9.01. The molecule has 0 saturated heterocycles. The van der Waals surface area contributed by atoms with Gasteiger partial charge in [-0.2, -0.15) is 0 Å². The zero-order valence-electron chi connectivity index (χ0n) is 17.2. The molecule has 0 radical (unpaired) electrons. The van der Waals surface area contributed by atoms with E-state index in [1.807, 2.05) is 13.0 Å². The van der Waals surface area contributed by atoms with Crippen molar-refractivity contribution in [3.8, 4) is 5.75 Å². The molecule has 0 saturated carbocycles. The van der Waals surface area contributed by atoms with Crippen LogP contribution in [-0.2, 0) is 19.3 Å². The number of hydrogen-bond donors (Lipinski definition) is 2. The summed E-state index contributed by atoms with van der Waals surface area (Å²) in [5, 5.41) is 9.01. The molecule has 0 unspecified atom stereocenters. The lowest BCUT2D eigenvalue weighted by Gasteiger charge is -2.26. The molecule has 2 aromatic rings. The smallest absolute Gasteiger partial charge is 0.119 e. The molecule has 0 amide bonds. The molecule has 0 heterocycles. The predicted octanol–water partition coefficient (Wildman–Crippen LogP) is 4.64. The SMILES string of the molecule is CCOc1cccc(C[C@H]2CCc3cc([C@H](CN)CCCCO)ccc3C2)c1. The monoisotopic (exact) mass is 381 g/mol. The van der Waals surface area contributed by atoms with Crippen molar-refractivity contribution in [1.29, 1.82) is 0 Å². The molecule has 3 nitrogen and oxygen atoms in total. The standard InChI is InChI=1S/C25H35NO2/c1-2-28-25-8-5-6-19(16-25)14-20-9-10-22-17-23(12-11-21(22)15-20)24(18-26)7-3-4-13-27/h5-6,8,11-12,16-17,20,24,27H,2-4,7,9-10,13-15,18,26H2,1H3/t20-,24+/m1/s1. The first-order chi connectivity index (χ1) is 13.7. The molecule has 0 fully saturated rings. The van der Waals surface area contributed by atoms with Gasteiger partial charge in [0, 0.05) is 6.61 Å². The second-order valence-corrected chi connectivity index (χ2v) is 8.07. The number of rotatable bonds is 10. The molecule has 3 N–H and O–H groups in total. The van der Waals surface area contributed by atoms with Crippen LogP contribution >= 0.6 is 0 Å². The molecule has 3 heteroatoms. The highest BCUT2D eigenvalue weighted by Crippen LogP contribution is 2.32. The highest BCUT2D eigenvalue weighted by molar-refractivity contribution is 5.37. The molecule has 0 aliphatic heterocycles. The number of aryl methyl sites for hydroxylation is 1. The van der Waals surface area contributed by atoms with E-state index in [2.05, 4.69) is 36.4 Å². The highest BCUT2D eigenvalue weighted by Gasteiger charge is 2.21. The molecule has 1 aliphatic carbocycles. The minimum Gasteiger partial charge on any atom is -0.494 e. The fraction of sp³-hybridized carbons (Fsp3) is 0.520. The first kappa shape index (κ1) is 20.9. The van der Waals surface area contributed by atoms with E-state index in [1.165, 1.54) is 28.7 Å². The third-order valence-electron chi connectivity index (χ3n) is 6.01. The van der Waals surface area contributed by atoms with E-state index in [0.29, 0.717) is 25.0 Å². The summed E-state index contributed by atoms with van der Waals surface area (Å²) < 4.78 is 5.65. The third-order valence-corrected chi connectivity index (χ3v) is 6.01. The fourth-order valence-electron chi connectivity index (χ4n) is 4.46. The van der Waals surface area contributed by atoms with E-state index in [4.69, 9.17) is 15.6 Å². The number of fused-ring (bicyclic) bond motifs is 1. The molecule has 2 aromatic carbocycles. The number of aliphatic hydroxyl groups excluding tert-OH is 1. The van der Waals surface area contributed by atoms with Gasteiger partial charge in [-0.05, 0) is 98.2 Å². The summed E-state index contributed by atoms with van der Waals surface area (Å²) in [5.74, 6) is 2.09. The zero-order chi connectivity index (χ0) is 19.8. The maximum atomic E-state index is 9.01. The minimum atomic E-state index is 0.274. The lowest BCUT2D eigenvalue weighted by molar-refractivity contribution is 0.281. The fourth-order valence-corrected chi connectivity index (χ4v) is 4.46. The van der Waals surface area contributed by atoms with E-state index < -0.39 is 0 Å². The summed E-state index contributed by atoms with van der Waals surface area (Å²) in [7, 11) is 0. The first-order valence-electron chi connectivity index (χ1n) is 10.9. The van der Waals surface area contributed by atoms with E-state index in [0.717, 1.165) is 44.3 Å². The molecule has 0 spiro atoms. The molecule has 0 aromatic heterocycles. The Morgan fingerprint density at radius 1 is 1.14 bits per heavy atom. The average molecular weight is 382 g/mol. The maximum Gasteiger partial charge on any atom is 0.119 e. The van der Waals surface area contributed by atoms with Gasteiger partial charge >= 0.3 is 0 Å². The molecular weight excluding hydrogens is 346 g/mol. The Labute approximate surface area is 169 Å². The molecular formula is C25H35NO2. The molecule has 1 aliphatic rings. The summed E-state index contributed by atoms with van der Waals surface area (Å²) in [5.41, 5.74) is 11.8. The van der Waals surface area contributed by atoms with Crippen molar-refractivity contribution >= 4 is 0 Å². The Morgan fingerprint density at radius 2 is 2.04 bits per heavy atom. The van der Waals surface area contributed by atoms with Crippen molar-refractivity contribution in [1.82, 2.24) is 0 Å². The highest BCUT2D eigenvalue weighted by atomic mass is 16.5. The number of unbranched alkanes of at least 4 members (excludes halogenated alkanes) is 1. The summed E-state index contributed by atoms with van der Waals surface area (Å²) >= 11 is 0. The van der Waals surface area contributed by atoms with Gasteiger partial charge in [-0.15, -0.1) is 0 Å². The summed E-state index contributed by atoms with van der Waals surface area (Å²) in [6.07, 6.45) is 7.65. The summed E-state index contributed by atoms with van der Waals surface area (Å²) in [4.78, 5) is 0. The molecule has 152 valence electrons. The van der Waals surface area contributed by atoms with Crippen LogP contribution in [0.2, 0.25) is 0 Å². The minimum absolute atomic E-state index is 0.274. The van der Waals surface area contributed by atoms with Crippen LogP contribution in [0.3, 0.4) is 0 Å². The van der Waals surface area contributed by atoms with Crippen molar-refractivity contribution < 1.29 is 9.84 Å². The van der Waals surface area contributed by atoms with Crippen LogP contribution in [0.25, 0.3) is 0 Å². The molecule has 0 bridgehead atoms. The van der Waals surface area contributed by atoms with E-state index in [-0.39, 0.29) is 6.61 Å². The quantitative estimate of drug-likeness (QED) is 0.590. The van der Waals surface area contributed by atoms with Gasteiger partial charge in [0.05, 0.1) is 6.61 Å². The number of benzene rings is 2. The zero-order valence-corrected chi connectivity index (χ0v) is 17.2. The van der Waals surface area contributed by atoms with Crippen molar-refractivity contribution in [2.24, 2.45) is 11.7 Å². The van der Waals surface area contributed by atoms with Gasteiger partial charge in [0.2, 0.25) is 0 Å². The van der Waals surface area contributed by atoms with Crippen LogP contribution < -0.4 is 10.5 Å². The number of hydrogen-bond acceptors (Lipinski definition) is 3. The largest absolute Gasteiger partial charge is 0.494 e. The Hall–Kier alpha value is -1.84. The van der Waals surface area contributed by atoms with Crippen LogP contribution in [0.15, 0.2) is 42.5 Å². The molecule has 2 atom stereocenters. The predicted molar refractivity (Wildman–Crippen MR) is 116 cm³/mol. The molecule has 3 rings (SSSR count).